The van der Waals surface area contributed by atoms with E-state index in [1.807, 2.05) is 20.8 Å². The van der Waals surface area contributed by atoms with Crippen molar-refractivity contribution >= 4 is 23.3 Å². The van der Waals surface area contributed by atoms with E-state index in [1.54, 1.807) is 24.3 Å². The van der Waals surface area contributed by atoms with Gasteiger partial charge in [0.1, 0.15) is 0 Å². The van der Waals surface area contributed by atoms with Crippen LogP contribution in [0.1, 0.15) is 27.0 Å². The average Bonchev–Trinajstić information content (AvgIpc) is 2.53. The number of carbonyl (C=O) groups is 2. The molecule has 5 heteroatoms. The highest BCUT2D eigenvalue weighted by molar-refractivity contribution is 6.02. The molecule has 0 fully saturated rings. The fourth-order valence-corrected chi connectivity index (χ4v) is 2.70. The molecule has 0 unspecified atom stereocenters. The van der Waals surface area contributed by atoms with Crippen LogP contribution in [0.5, 0.6) is 0 Å². The molecule has 0 saturated heterocycles. The summed E-state index contributed by atoms with van der Waals surface area (Å²) in [6.07, 6.45) is 0. The fourth-order valence-electron chi connectivity index (χ4n) is 2.70. The molecule has 126 valence electrons. The van der Waals surface area contributed by atoms with E-state index in [1.165, 1.54) is 12.7 Å². The minimum absolute atomic E-state index is 0.111. The number of ether oxygens (including phenoxy) is 1. The van der Waals surface area contributed by atoms with Crippen molar-refractivity contribution in [2.45, 2.75) is 20.8 Å². The van der Waals surface area contributed by atoms with Crippen LogP contribution in [0.15, 0.2) is 36.4 Å². The Morgan fingerprint density at radius 1 is 1.04 bits per heavy atom. The molecule has 0 atom stereocenters. The first-order valence-corrected chi connectivity index (χ1v) is 7.71. The molecule has 0 spiro atoms. The molecule has 5 nitrogen and oxygen atoms in total. The molecule has 2 aromatic carbocycles. The van der Waals surface area contributed by atoms with Gasteiger partial charge in [-0.3, -0.25) is 4.79 Å². The monoisotopic (exact) mass is 326 g/mol. The molecule has 0 aromatic heterocycles. The number of benzene rings is 2. The van der Waals surface area contributed by atoms with E-state index in [0.717, 1.165) is 16.8 Å². The molecule has 0 bridgehead atoms. The lowest BCUT2D eigenvalue weighted by molar-refractivity contribution is -0.114. The zero-order valence-corrected chi connectivity index (χ0v) is 14.4. The molecule has 2 N–H and O–H groups in total. The third-order valence-electron chi connectivity index (χ3n) is 3.71. The molecule has 0 aliphatic rings. The minimum Gasteiger partial charge on any atom is -0.465 e. The summed E-state index contributed by atoms with van der Waals surface area (Å²) in [5, 5.41) is 5.91. The van der Waals surface area contributed by atoms with Crippen LogP contribution in [0.4, 0.5) is 11.4 Å². The Kier molecular flexibility index (Phi) is 5.58. The van der Waals surface area contributed by atoms with Crippen molar-refractivity contribution in [2.75, 3.05) is 24.3 Å². The van der Waals surface area contributed by atoms with Crippen molar-refractivity contribution in [3.63, 3.8) is 0 Å². The molecule has 24 heavy (non-hydrogen) atoms. The number of amides is 1. The van der Waals surface area contributed by atoms with Gasteiger partial charge in [-0.1, -0.05) is 29.8 Å². The summed E-state index contributed by atoms with van der Waals surface area (Å²) < 4.78 is 4.72. The van der Waals surface area contributed by atoms with Gasteiger partial charge in [0.05, 0.1) is 24.9 Å². The number of hydrogen-bond acceptors (Lipinski definition) is 4. The number of esters is 1. The predicted octanol–water partition coefficient (Wildman–Crippen LogP) is 3.45. The molecule has 0 aliphatic carbocycles. The first kappa shape index (κ1) is 17.5. The average molecular weight is 326 g/mol. The summed E-state index contributed by atoms with van der Waals surface area (Å²) in [5.41, 5.74) is 5.10. The molecule has 0 saturated carbocycles. The van der Waals surface area contributed by atoms with E-state index >= 15 is 0 Å². The maximum atomic E-state index is 12.2. The Morgan fingerprint density at radius 3 is 2.29 bits per heavy atom. The topological polar surface area (TPSA) is 67.4 Å². The Balaban J connectivity index is 2.06. The van der Waals surface area contributed by atoms with Crippen molar-refractivity contribution < 1.29 is 14.3 Å². The quantitative estimate of drug-likeness (QED) is 0.826. The van der Waals surface area contributed by atoms with Gasteiger partial charge in [-0.2, -0.15) is 0 Å². The van der Waals surface area contributed by atoms with Gasteiger partial charge in [-0.25, -0.2) is 4.79 Å². The maximum absolute atomic E-state index is 12.2. The molecule has 2 aromatic rings. The highest BCUT2D eigenvalue weighted by atomic mass is 16.5. The number of aryl methyl sites for hydroxylation is 3. The van der Waals surface area contributed by atoms with Crippen molar-refractivity contribution in [1.82, 2.24) is 0 Å². The first-order valence-electron chi connectivity index (χ1n) is 7.71. The summed E-state index contributed by atoms with van der Waals surface area (Å²) in [6.45, 7) is 6.17. The number of carbonyl (C=O) groups excluding carboxylic acids is 2. The van der Waals surface area contributed by atoms with Crippen molar-refractivity contribution in [3.8, 4) is 0 Å². The molecule has 0 radical (unpaired) electrons. The summed E-state index contributed by atoms with van der Waals surface area (Å²) >= 11 is 0. The predicted molar refractivity (Wildman–Crippen MR) is 95.6 cm³/mol. The zero-order chi connectivity index (χ0) is 17.7. The van der Waals surface area contributed by atoms with Crippen LogP contribution in [-0.4, -0.2) is 25.5 Å². The molecule has 0 aliphatic heterocycles. The second-order valence-corrected chi connectivity index (χ2v) is 5.71. The van der Waals surface area contributed by atoms with E-state index in [0.29, 0.717) is 11.3 Å². The summed E-state index contributed by atoms with van der Waals surface area (Å²) in [4.78, 5) is 23.9. The Labute approximate surface area is 142 Å². The highest BCUT2D eigenvalue weighted by Gasteiger charge is 2.13. The lowest BCUT2D eigenvalue weighted by atomic mass is 10.1. The largest absolute Gasteiger partial charge is 0.465 e. The van der Waals surface area contributed by atoms with Crippen LogP contribution in [0.3, 0.4) is 0 Å². The third-order valence-corrected chi connectivity index (χ3v) is 3.71. The van der Waals surface area contributed by atoms with Gasteiger partial charge in [-0.15, -0.1) is 0 Å². The molecule has 2 rings (SSSR count). The first-order chi connectivity index (χ1) is 11.4. The Hall–Kier alpha value is -2.82. The van der Waals surface area contributed by atoms with Gasteiger partial charge in [0.15, 0.2) is 0 Å². The number of para-hydroxylation sites is 1. The normalized spacial score (nSPS) is 10.2. The van der Waals surface area contributed by atoms with Crippen molar-refractivity contribution in [1.29, 1.82) is 0 Å². The lowest BCUT2D eigenvalue weighted by Crippen LogP contribution is -2.23. The van der Waals surface area contributed by atoms with Crippen molar-refractivity contribution in [2.24, 2.45) is 0 Å². The maximum Gasteiger partial charge on any atom is 0.339 e. The minimum atomic E-state index is -0.482. The van der Waals surface area contributed by atoms with Crippen LogP contribution >= 0.6 is 0 Å². The third kappa shape index (κ3) is 4.13. The number of hydrogen-bond donors (Lipinski definition) is 2. The standard InChI is InChI=1S/C19H22N2O3/c1-12-9-13(2)18(14(3)10-12)20-11-17(22)21-16-8-6-5-7-15(16)19(23)24-4/h5-10,20H,11H2,1-4H3,(H,21,22). The molecular weight excluding hydrogens is 304 g/mol. The number of anilines is 2. The lowest BCUT2D eigenvalue weighted by Gasteiger charge is -2.14. The van der Waals surface area contributed by atoms with Crippen molar-refractivity contribution in [3.05, 3.63) is 58.7 Å². The van der Waals surface area contributed by atoms with Gasteiger partial charge >= 0.3 is 5.97 Å². The highest BCUT2D eigenvalue weighted by Crippen LogP contribution is 2.22. The summed E-state index contributed by atoms with van der Waals surface area (Å²) in [7, 11) is 1.31. The van der Waals surface area contributed by atoms with Gasteiger partial charge in [0.25, 0.3) is 0 Å². The summed E-state index contributed by atoms with van der Waals surface area (Å²) in [5.74, 6) is -0.713. The number of methoxy groups -OCH3 is 1. The van der Waals surface area contributed by atoms with E-state index in [9.17, 15) is 9.59 Å². The molecule has 0 heterocycles. The van der Waals surface area contributed by atoms with Gasteiger partial charge in [0, 0.05) is 5.69 Å². The SMILES string of the molecule is COC(=O)c1ccccc1NC(=O)CNc1c(C)cc(C)cc1C. The van der Waals surface area contributed by atoms with Gasteiger partial charge < -0.3 is 15.4 Å². The van der Waals surface area contributed by atoms with E-state index in [4.69, 9.17) is 4.74 Å². The van der Waals surface area contributed by atoms with Crippen LogP contribution in [0.2, 0.25) is 0 Å². The molecule has 1 amide bonds. The Morgan fingerprint density at radius 2 is 1.67 bits per heavy atom. The van der Waals surface area contributed by atoms with Crippen LogP contribution in [0.25, 0.3) is 0 Å². The van der Waals surface area contributed by atoms with Crippen LogP contribution in [-0.2, 0) is 9.53 Å². The number of nitrogens with one attached hydrogen (secondary N) is 2. The fraction of sp³-hybridized carbons (Fsp3) is 0.263. The second kappa shape index (κ2) is 7.64. The van der Waals surface area contributed by atoms with Crippen LogP contribution < -0.4 is 10.6 Å². The zero-order valence-electron chi connectivity index (χ0n) is 14.4. The van der Waals surface area contributed by atoms with E-state index < -0.39 is 5.97 Å². The van der Waals surface area contributed by atoms with E-state index in [2.05, 4.69) is 22.8 Å². The number of rotatable bonds is 5. The second-order valence-electron chi connectivity index (χ2n) is 5.71. The summed E-state index contributed by atoms with van der Waals surface area (Å²) in [6, 6.07) is 10.9. The molecular formula is C19H22N2O3. The smallest absolute Gasteiger partial charge is 0.339 e. The van der Waals surface area contributed by atoms with E-state index in [-0.39, 0.29) is 12.5 Å². The van der Waals surface area contributed by atoms with Crippen LogP contribution in [0, 0.1) is 20.8 Å². The van der Waals surface area contributed by atoms with Gasteiger partial charge in [0.2, 0.25) is 5.91 Å². The van der Waals surface area contributed by atoms with Gasteiger partial charge in [-0.05, 0) is 44.0 Å². The Bertz CT molecular complexity index is 746.